The van der Waals surface area contributed by atoms with E-state index in [0.29, 0.717) is 11.4 Å². The number of hydrogen-bond acceptors (Lipinski definition) is 4. The lowest BCUT2D eigenvalue weighted by Crippen LogP contribution is -2.32. The molecular formula is C3H8NO4PS2. The Hall–Kier alpha value is 0.350. The van der Waals surface area contributed by atoms with E-state index in [9.17, 15) is 4.79 Å². The average Bonchev–Trinajstić information content (AvgIpc) is 1.80. The minimum Gasteiger partial charge on any atom is -0.480 e. The highest BCUT2D eigenvalue weighted by Gasteiger charge is 2.16. The molecule has 0 rings (SSSR count). The van der Waals surface area contributed by atoms with Crippen molar-refractivity contribution < 1.29 is 19.7 Å². The van der Waals surface area contributed by atoms with Crippen LogP contribution in [0.4, 0.5) is 0 Å². The van der Waals surface area contributed by atoms with Crippen molar-refractivity contribution >= 4 is 34.9 Å². The number of carbonyl (C=O) groups is 1. The molecular weight excluding hydrogens is 209 g/mol. The summed E-state index contributed by atoms with van der Waals surface area (Å²) in [6.07, 6.45) is 0. The fourth-order valence-corrected chi connectivity index (χ4v) is 2.36. The molecule has 1 atom stereocenters. The van der Waals surface area contributed by atoms with Crippen molar-refractivity contribution in [2.75, 3.05) is 5.75 Å². The molecule has 0 aromatic rings. The van der Waals surface area contributed by atoms with Gasteiger partial charge in [0.2, 0.25) is 5.69 Å². The Kier molecular flexibility index (Phi) is 4.53. The van der Waals surface area contributed by atoms with Gasteiger partial charge in [0.1, 0.15) is 6.04 Å². The van der Waals surface area contributed by atoms with Gasteiger partial charge in [-0.25, -0.2) is 0 Å². The Labute approximate surface area is 72.5 Å². The van der Waals surface area contributed by atoms with Crippen molar-refractivity contribution in [2.24, 2.45) is 5.73 Å². The van der Waals surface area contributed by atoms with Gasteiger partial charge in [-0.05, 0) is 11.8 Å². The van der Waals surface area contributed by atoms with Gasteiger partial charge in [-0.3, -0.25) is 4.79 Å². The van der Waals surface area contributed by atoms with Crippen molar-refractivity contribution in [1.82, 2.24) is 0 Å². The van der Waals surface area contributed by atoms with E-state index in [2.05, 4.69) is 11.8 Å². The molecule has 66 valence electrons. The highest BCUT2D eigenvalue weighted by atomic mass is 32.9. The van der Waals surface area contributed by atoms with Crippen molar-refractivity contribution in [1.29, 1.82) is 0 Å². The first kappa shape index (κ1) is 11.4. The smallest absolute Gasteiger partial charge is 0.321 e. The van der Waals surface area contributed by atoms with E-state index < -0.39 is 17.7 Å². The topological polar surface area (TPSA) is 104 Å². The van der Waals surface area contributed by atoms with Gasteiger partial charge in [0.15, 0.2) is 0 Å². The van der Waals surface area contributed by atoms with Crippen molar-refractivity contribution in [3.05, 3.63) is 0 Å². The summed E-state index contributed by atoms with van der Waals surface area (Å²) in [4.78, 5) is 27.4. The Morgan fingerprint density at radius 3 is 2.45 bits per heavy atom. The number of aliphatic carboxylic acids is 1. The number of hydrogen-bond donors (Lipinski definition) is 4. The van der Waals surface area contributed by atoms with E-state index in [-0.39, 0.29) is 5.75 Å². The molecule has 0 bridgehead atoms. The molecule has 0 spiro atoms. The van der Waals surface area contributed by atoms with E-state index in [0.717, 1.165) is 0 Å². The lowest BCUT2D eigenvalue weighted by atomic mass is 10.4. The van der Waals surface area contributed by atoms with Crippen LogP contribution in [0.15, 0.2) is 0 Å². The van der Waals surface area contributed by atoms with Crippen molar-refractivity contribution in [3.8, 4) is 0 Å². The van der Waals surface area contributed by atoms with E-state index in [4.69, 9.17) is 20.6 Å². The zero-order chi connectivity index (χ0) is 9.07. The summed E-state index contributed by atoms with van der Waals surface area (Å²) in [6.45, 7) is 0. The summed E-state index contributed by atoms with van der Waals surface area (Å²) in [5.41, 5.74) is 1.70. The minimum absolute atomic E-state index is 0.0837. The first-order chi connectivity index (χ1) is 4.83. The molecule has 0 aromatic heterocycles. The summed E-state index contributed by atoms with van der Waals surface area (Å²) in [5, 5.41) is 8.26. The van der Waals surface area contributed by atoms with E-state index >= 15 is 0 Å². The fraction of sp³-hybridized carbons (Fsp3) is 0.667. The second-order valence-corrected chi connectivity index (χ2v) is 7.83. The lowest BCUT2D eigenvalue weighted by molar-refractivity contribution is -0.137. The number of nitrogens with two attached hydrogens (primary N) is 1. The number of rotatable bonds is 4. The van der Waals surface area contributed by atoms with Gasteiger partial charge < -0.3 is 20.6 Å². The van der Waals surface area contributed by atoms with Gasteiger partial charge in [0.25, 0.3) is 0 Å². The second kappa shape index (κ2) is 4.39. The molecule has 1 unspecified atom stereocenters. The maximum atomic E-state index is 10.1. The zero-order valence-corrected chi connectivity index (χ0v) is 7.90. The van der Waals surface area contributed by atoms with Crippen LogP contribution < -0.4 is 5.73 Å². The molecule has 0 aliphatic heterocycles. The molecule has 0 saturated heterocycles. The third-order valence-electron chi connectivity index (χ3n) is 0.739. The summed E-state index contributed by atoms with van der Waals surface area (Å²) in [7, 11) is 0. The summed E-state index contributed by atoms with van der Waals surface area (Å²) in [5.74, 6) is -1.26. The van der Waals surface area contributed by atoms with Gasteiger partial charge in [-0.2, -0.15) is 0 Å². The third-order valence-corrected chi connectivity index (χ3v) is 3.99. The maximum Gasteiger partial charge on any atom is 0.321 e. The minimum atomic E-state index is -3.35. The Morgan fingerprint density at radius 2 is 2.18 bits per heavy atom. The third kappa shape index (κ3) is 6.74. The fourth-order valence-electron chi connectivity index (χ4n) is 0.249. The summed E-state index contributed by atoms with van der Waals surface area (Å²) < 4.78 is 0. The summed E-state index contributed by atoms with van der Waals surface area (Å²) in [6, 6.07) is -1.10. The standard InChI is InChI=1S/C3H8NO4PS2/c4-2(3(5)6)1-11-9(7,8)10/h2H,1,4H2,(H,5,6)(H2,7,8,10). The molecule has 0 heterocycles. The Bertz CT molecular complexity index is 192. The molecule has 0 amide bonds. The number of carboxylic acid groups (broad SMARTS) is 1. The zero-order valence-electron chi connectivity index (χ0n) is 5.38. The van der Waals surface area contributed by atoms with Gasteiger partial charge in [-0.1, -0.05) is 11.4 Å². The normalized spacial score (nSPS) is 14.5. The van der Waals surface area contributed by atoms with Crippen molar-refractivity contribution in [3.63, 3.8) is 0 Å². The van der Waals surface area contributed by atoms with Crippen LogP contribution in [0.1, 0.15) is 0 Å². The highest BCUT2D eigenvalue weighted by molar-refractivity contribution is 8.67. The molecule has 0 fully saturated rings. The second-order valence-electron chi connectivity index (χ2n) is 1.73. The van der Waals surface area contributed by atoms with Gasteiger partial charge in [0.05, 0.1) is 0 Å². The Balaban J connectivity index is 3.72. The SMILES string of the molecule is NC(CSP(O)(O)=S)C(=O)O. The molecule has 0 saturated carbocycles. The van der Waals surface area contributed by atoms with Crippen LogP contribution in [-0.4, -0.2) is 32.7 Å². The van der Waals surface area contributed by atoms with Gasteiger partial charge >= 0.3 is 5.97 Å². The van der Waals surface area contributed by atoms with Gasteiger partial charge in [-0.15, -0.1) is 0 Å². The quantitative estimate of drug-likeness (QED) is 0.463. The van der Waals surface area contributed by atoms with Crippen molar-refractivity contribution in [2.45, 2.75) is 6.04 Å². The van der Waals surface area contributed by atoms with E-state index in [1.165, 1.54) is 0 Å². The van der Waals surface area contributed by atoms with Crippen LogP contribution in [0, 0.1) is 0 Å². The molecule has 0 aromatic carbocycles. The summed E-state index contributed by atoms with van der Waals surface area (Å²) >= 11 is 4.83. The number of carboxylic acids is 1. The molecule has 5 nitrogen and oxygen atoms in total. The van der Waals surface area contributed by atoms with E-state index in [1.807, 2.05) is 0 Å². The van der Waals surface area contributed by atoms with Crippen LogP contribution in [0.3, 0.4) is 0 Å². The lowest BCUT2D eigenvalue weighted by Gasteiger charge is -2.08. The first-order valence-corrected chi connectivity index (χ1v) is 6.81. The van der Waals surface area contributed by atoms with E-state index in [1.54, 1.807) is 0 Å². The molecule has 5 N–H and O–H groups in total. The van der Waals surface area contributed by atoms with Gasteiger partial charge in [0, 0.05) is 5.75 Å². The maximum absolute atomic E-state index is 10.1. The van der Waals surface area contributed by atoms with Crippen LogP contribution in [0.25, 0.3) is 0 Å². The van der Waals surface area contributed by atoms with Crippen LogP contribution >= 0.6 is 17.1 Å². The highest BCUT2D eigenvalue weighted by Crippen LogP contribution is 2.50. The predicted octanol–water partition coefficient (Wildman–Crippen LogP) is -0.659. The molecule has 8 heteroatoms. The molecule has 0 radical (unpaired) electrons. The van der Waals surface area contributed by atoms with Crippen LogP contribution in [-0.2, 0) is 16.6 Å². The van der Waals surface area contributed by atoms with Crippen LogP contribution in [0.5, 0.6) is 0 Å². The Morgan fingerprint density at radius 1 is 1.73 bits per heavy atom. The largest absolute Gasteiger partial charge is 0.480 e. The molecule has 0 aliphatic carbocycles. The average molecular weight is 217 g/mol. The molecule has 0 aliphatic rings. The molecule has 11 heavy (non-hydrogen) atoms. The predicted molar refractivity (Wildman–Crippen MR) is 46.8 cm³/mol. The van der Waals surface area contributed by atoms with Crippen LogP contribution in [0.2, 0.25) is 0 Å². The monoisotopic (exact) mass is 217 g/mol. The first-order valence-electron chi connectivity index (χ1n) is 2.51.